The van der Waals surface area contributed by atoms with Crippen molar-refractivity contribution in [3.63, 3.8) is 0 Å². The van der Waals surface area contributed by atoms with Crippen LogP contribution in [-0.2, 0) is 6.42 Å². The van der Waals surface area contributed by atoms with E-state index in [9.17, 15) is 5.26 Å². The highest BCUT2D eigenvalue weighted by molar-refractivity contribution is 5.29. The van der Waals surface area contributed by atoms with Gasteiger partial charge >= 0.3 is 0 Å². The molecular formula is C14H17NO. The molecule has 0 heterocycles. The molecule has 2 heteroatoms. The Bertz CT molecular complexity index is 388. The van der Waals surface area contributed by atoms with E-state index < -0.39 is 5.41 Å². The zero-order valence-electron chi connectivity index (χ0n) is 9.86. The summed E-state index contributed by atoms with van der Waals surface area (Å²) in [6, 6.07) is 10.1. The number of benzene rings is 1. The van der Waals surface area contributed by atoms with Gasteiger partial charge in [0.25, 0.3) is 0 Å². The van der Waals surface area contributed by atoms with Crippen LogP contribution >= 0.6 is 0 Å². The van der Waals surface area contributed by atoms with E-state index in [0.717, 1.165) is 17.7 Å². The predicted octanol–water partition coefficient (Wildman–Crippen LogP) is 3.34. The quantitative estimate of drug-likeness (QED) is 0.706. The SMILES string of the molecule is C=CC(C#N)(CC)Cc1ccc(OC)cc1. The van der Waals surface area contributed by atoms with Gasteiger partial charge in [0.05, 0.1) is 18.6 Å². The maximum atomic E-state index is 9.19. The van der Waals surface area contributed by atoms with Crippen molar-refractivity contribution in [2.75, 3.05) is 7.11 Å². The van der Waals surface area contributed by atoms with E-state index in [1.54, 1.807) is 13.2 Å². The molecule has 0 aliphatic heterocycles. The second kappa shape index (κ2) is 5.37. The number of ether oxygens (including phenoxy) is 1. The monoisotopic (exact) mass is 215 g/mol. The molecule has 0 aromatic heterocycles. The number of rotatable bonds is 5. The molecule has 1 rings (SSSR count). The molecular weight excluding hydrogens is 198 g/mol. The third-order valence-corrected chi connectivity index (χ3v) is 2.92. The first-order valence-corrected chi connectivity index (χ1v) is 5.37. The molecule has 1 atom stereocenters. The lowest BCUT2D eigenvalue weighted by molar-refractivity contribution is 0.414. The van der Waals surface area contributed by atoms with Crippen molar-refractivity contribution in [1.82, 2.24) is 0 Å². The predicted molar refractivity (Wildman–Crippen MR) is 65.2 cm³/mol. The van der Waals surface area contributed by atoms with E-state index in [0.29, 0.717) is 6.42 Å². The molecule has 0 amide bonds. The maximum Gasteiger partial charge on any atom is 0.118 e. The molecule has 0 saturated carbocycles. The summed E-state index contributed by atoms with van der Waals surface area (Å²) in [5.41, 5.74) is 0.679. The van der Waals surface area contributed by atoms with Gasteiger partial charge < -0.3 is 4.74 Å². The lowest BCUT2D eigenvalue weighted by Crippen LogP contribution is -2.17. The first-order chi connectivity index (χ1) is 7.69. The van der Waals surface area contributed by atoms with E-state index in [4.69, 9.17) is 4.74 Å². The molecule has 0 fully saturated rings. The molecule has 0 radical (unpaired) electrons. The van der Waals surface area contributed by atoms with Crippen LogP contribution in [0.15, 0.2) is 36.9 Å². The van der Waals surface area contributed by atoms with E-state index in [-0.39, 0.29) is 0 Å². The largest absolute Gasteiger partial charge is 0.497 e. The molecule has 0 aliphatic carbocycles. The summed E-state index contributed by atoms with van der Waals surface area (Å²) >= 11 is 0. The standard InChI is InChI=1S/C14H17NO/c1-4-14(5-2,11-15)10-12-6-8-13(16-3)9-7-12/h4,6-9H,1,5,10H2,2-3H3. The molecule has 0 bridgehead atoms. The fourth-order valence-electron chi connectivity index (χ4n) is 1.61. The lowest BCUT2D eigenvalue weighted by Gasteiger charge is -2.20. The Morgan fingerprint density at radius 3 is 2.44 bits per heavy atom. The molecule has 0 aliphatic rings. The average Bonchev–Trinajstić information content (AvgIpc) is 2.37. The van der Waals surface area contributed by atoms with Crippen molar-refractivity contribution < 1.29 is 4.74 Å². The average molecular weight is 215 g/mol. The Balaban J connectivity index is 2.86. The topological polar surface area (TPSA) is 33.0 Å². The summed E-state index contributed by atoms with van der Waals surface area (Å²) in [5.74, 6) is 0.835. The summed E-state index contributed by atoms with van der Waals surface area (Å²) < 4.78 is 5.09. The minimum absolute atomic E-state index is 0.450. The second-order valence-electron chi connectivity index (χ2n) is 3.85. The van der Waals surface area contributed by atoms with Crippen LogP contribution < -0.4 is 4.74 Å². The van der Waals surface area contributed by atoms with Crippen LogP contribution in [0.5, 0.6) is 5.75 Å². The van der Waals surface area contributed by atoms with Gasteiger partial charge in [-0.25, -0.2) is 0 Å². The van der Waals surface area contributed by atoms with Gasteiger partial charge in [0.1, 0.15) is 5.75 Å². The van der Waals surface area contributed by atoms with E-state index >= 15 is 0 Å². The smallest absolute Gasteiger partial charge is 0.118 e. The Hall–Kier alpha value is -1.75. The normalized spacial score (nSPS) is 13.6. The van der Waals surface area contributed by atoms with Crippen molar-refractivity contribution in [3.05, 3.63) is 42.5 Å². The Labute approximate surface area is 97.2 Å². The van der Waals surface area contributed by atoms with Crippen molar-refractivity contribution in [2.45, 2.75) is 19.8 Å². The zero-order chi connectivity index (χ0) is 12.0. The molecule has 0 N–H and O–H groups in total. The highest BCUT2D eigenvalue weighted by atomic mass is 16.5. The number of methoxy groups -OCH3 is 1. The number of nitrogens with zero attached hydrogens (tertiary/aromatic N) is 1. The molecule has 1 aromatic carbocycles. The highest BCUT2D eigenvalue weighted by Gasteiger charge is 2.24. The maximum absolute atomic E-state index is 9.19. The summed E-state index contributed by atoms with van der Waals surface area (Å²) in [5, 5.41) is 9.19. The van der Waals surface area contributed by atoms with Gasteiger partial charge in [0.15, 0.2) is 0 Å². The first-order valence-electron chi connectivity index (χ1n) is 5.37. The molecule has 84 valence electrons. The minimum atomic E-state index is -0.450. The Morgan fingerprint density at radius 2 is 2.06 bits per heavy atom. The lowest BCUT2D eigenvalue weighted by atomic mass is 9.81. The zero-order valence-corrected chi connectivity index (χ0v) is 9.86. The fraction of sp³-hybridized carbons (Fsp3) is 0.357. The van der Waals surface area contributed by atoms with Crippen LogP contribution in [0.25, 0.3) is 0 Å². The van der Waals surface area contributed by atoms with Crippen LogP contribution in [0.1, 0.15) is 18.9 Å². The van der Waals surface area contributed by atoms with Crippen LogP contribution in [0.2, 0.25) is 0 Å². The number of allylic oxidation sites excluding steroid dienone is 1. The summed E-state index contributed by atoms with van der Waals surface area (Å²) in [6.07, 6.45) is 3.23. The van der Waals surface area contributed by atoms with E-state index in [1.165, 1.54) is 0 Å². The minimum Gasteiger partial charge on any atom is -0.497 e. The van der Waals surface area contributed by atoms with Crippen LogP contribution in [0.3, 0.4) is 0 Å². The van der Waals surface area contributed by atoms with Crippen molar-refractivity contribution in [1.29, 1.82) is 5.26 Å². The summed E-state index contributed by atoms with van der Waals surface area (Å²) in [6.45, 7) is 5.77. The molecule has 1 aromatic rings. The highest BCUT2D eigenvalue weighted by Crippen LogP contribution is 2.28. The first kappa shape index (κ1) is 12.3. The van der Waals surface area contributed by atoms with E-state index in [2.05, 4.69) is 12.6 Å². The Kier molecular flexibility index (Phi) is 4.13. The third-order valence-electron chi connectivity index (χ3n) is 2.92. The van der Waals surface area contributed by atoms with Gasteiger partial charge in [-0.1, -0.05) is 25.1 Å². The number of hydrogen-bond donors (Lipinski definition) is 0. The van der Waals surface area contributed by atoms with Gasteiger partial charge in [-0.3, -0.25) is 0 Å². The number of nitriles is 1. The Morgan fingerprint density at radius 1 is 1.44 bits per heavy atom. The molecule has 2 nitrogen and oxygen atoms in total. The van der Waals surface area contributed by atoms with Gasteiger partial charge in [-0.05, 0) is 30.5 Å². The van der Waals surface area contributed by atoms with Crippen molar-refractivity contribution in [3.8, 4) is 11.8 Å². The van der Waals surface area contributed by atoms with E-state index in [1.807, 2.05) is 31.2 Å². The molecule has 0 spiro atoms. The van der Waals surface area contributed by atoms with Crippen molar-refractivity contribution in [2.24, 2.45) is 5.41 Å². The van der Waals surface area contributed by atoms with Crippen LogP contribution in [0, 0.1) is 16.7 Å². The van der Waals surface area contributed by atoms with Gasteiger partial charge in [-0.15, -0.1) is 6.58 Å². The molecule has 0 saturated heterocycles. The summed E-state index contributed by atoms with van der Waals surface area (Å²) in [4.78, 5) is 0. The van der Waals surface area contributed by atoms with Crippen molar-refractivity contribution >= 4 is 0 Å². The molecule has 1 unspecified atom stereocenters. The fourth-order valence-corrected chi connectivity index (χ4v) is 1.61. The second-order valence-corrected chi connectivity index (χ2v) is 3.85. The summed E-state index contributed by atoms with van der Waals surface area (Å²) in [7, 11) is 1.64. The number of hydrogen-bond acceptors (Lipinski definition) is 2. The van der Waals surface area contributed by atoms with Crippen LogP contribution in [0.4, 0.5) is 0 Å². The third kappa shape index (κ3) is 2.64. The van der Waals surface area contributed by atoms with Gasteiger partial charge in [0.2, 0.25) is 0 Å². The van der Waals surface area contributed by atoms with Gasteiger partial charge in [0, 0.05) is 0 Å². The van der Waals surface area contributed by atoms with Gasteiger partial charge in [-0.2, -0.15) is 5.26 Å². The van der Waals surface area contributed by atoms with Crippen LogP contribution in [-0.4, -0.2) is 7.11 Å². The molecule has 16 heavy (non-hydrogen) atoms.